The van der Waals surface area contributed by atoms with E-state index in [9.17, 15) is 9.59 Å². The first-order valence-electron chi connectivity index (χ1n) is 11.1. The van der Waals surface area contributed by atoms with Gasteiger partial charge in [0.2, 0.25) is 0 Å². The van der Waals surface area contributed by atoms with E-state index in [1.54, 1.807) is 48.5 Å². The highest BCUT2D eigenvalue weighted by Crippen LogP contribution is 2.37. The van der Waals surface area contributed by atoms with Crippen molar-refractivity contribution in [3.8, 4) is 17.2 Å². The second-order valence-corrected chi connectivity index (χ2v) is 7.98. The second-order valence-electron chi connectivity index (χ2n) is 7.98. The summed E-state index contributed by atoms with van der Waals surface area (Å²) in [7, 11) is 0. The van der Waals surface area contributed by atoms with E-state index in [2.05, 4.69) is 5.32 Å². The molecule has 0 aliphatic carbocycles. The molecule has 0 saturated carbocycles. The summed E-state index contributed by atoms with van der Waals surface area (Å²) in [5.41, 5.74) is 3.22. The normalized spacial score (nSPS) is 15.1. The van der Waals surface area contributed by atoms with E-state index < -0.39 is 5.91 Å². The molecule has 2 heterocycles. The molecule has 3 aromatic carbocycles. The van der Waals surface area contributed by atoms with Gasteiger partial charge < -0.3 is 19.5 Å². The fourth-order valence-corrected chi connectivity index (χ4v) is 4.06. The molecule has 0 aromatic heterocycles. The number of benzene rings is 3. The van der Waals surface area contributed by atoms with Crippen molar-refractivity contribution in [1.82, 2.24) is 0 Å². The van der Waals surface area contributed by atoms with Gasteiger partial charge in [-0.3, -0.25) is 9.59 Å². The third kappa shape index (κ3) is 3.96. The smallest absolute Gasteiger partial charge is 0.282 e. The van der Waals surface area contributed by atoms with Crippen LogP contribution in [-0.2, 0) is 9.59 Å². The van der Waals surface area contributed by atoms with Crippen molar-refractivity contribution in [3.05, 3.63) is 83.6 Å². The van der Waals surface area contributed by atoms with E-state index in [4.69, 9.17) is 14.2 Å². The van der Waals surface area contributed by atoms with Gasteiger partial charge in [0, 0.05) is 11.8 Å². The molecule has 7 nitrogen and oxygen atoms in total. The Balaban J connectivity index is 1.57. The van der Waals surface area contributed by atoms with Crippen LogP contribution >= 0.6 is 0 Å². The lowest BCUT2D eigenvalue weighted by molar-refractivity contribution is -0.120. The number of imide groups is 1. The summed E-state index contributed by atoms with van der Waals surface area (Å²) in [6.07, 6.45) is 0. The molecule has 0 spiro atoms. The highest BCUT2D eigenvalue weighted by atomic mass is 16.6. The Morgan fingerprint density at radius 3 is 2.41 bits per heavy atom. The molecule has 0 fully saturated rings. The van der Waals surface area contributed by atoms with E-state index in [1.165, 1.54) is 4.90 Å². The first kappa shape index (κ1) is 21.6. The van der Waals surface area contributed by atoms with Gasteiger partial charge in [-0.25, -0.2) is 4.90 Å². The number of hydrogen-bond donors (Lipinski definition) is 1. The number of aryl methyl sites for hydroxylation is 1. The van der Waals surface area contributed by atoms with Gasteiger partial charge >= 0.3 is 0 Å². The lowest BCUT2D eigenvalue weighted by atomic mass is 10.0. The van der Waals surface area contributed by atoms with Gasteiger partial charge in [-0.15, -0.1) is 0 Å². The molecule has 34 heavy (non-hydrogen) atoms. The summed E-state index contributed by atoms with van der Waals surface area (Å²) in [5.74, 6) is 1.12. The van der Waals surface area contributed by atoms with Crippen molar-refractivity contribution in [2.75, 3.05) is 30.0 Å². The molecule has 2 aliphatic rings. The summed E-state index contributed by atoms with van der Waals surface area (Å²) >= 11 is 0. The number of nitrogens with zero attached hydrogens (tertiary/aromatic N) is 1. The molecular weight excluding hydrogens is 432 g/mol. The van der Waals surface area contributed by atoms with Gasteiger partial charge in [0.1, 0.15) is 24.7 Å². The number of fused-ring (bicyclic) bond motifs is 1. The molecule has 3 aromatic rings. The highest BCUT2D eigenvalue weighted by Gasteiger charge is 2.40. The predicted octanol–water partition coefficient (Wildman–Crippen LogP) is 4.56. The van der Waals surface area contributed by atoms with Gasteiger partial charge in [-0.2, -0.15) is 0 Å². The number of rotatable bonds is 6. The molecule has 2 amide bonds. The zero-order valence-corrected chi connectivity index (χ0v) is 19.0. The van der Waals surface area contributed by atoms with Crippen LogP contribution in [0.1, 0.15) is 18.1 Å². The Labute approximate surface area is 197 Å². The van der Waals surface area contributed by atoms with Crippen LogP contribution in [0.3, 0.4) is 0 Å². The first-order valence-corrected chi connectivity index (χ1v) is 11.1. The van der Waals surface area contributed by atoms with Crippen LogP contribution in [0.5, 0.6) is 17.2 Å². The SMILES string of the molecule is CCOc1ccc(C2=C(Nc3ccc4c(c3)OCCO4)C(=O)N(c3cccc(C)c3)C2=O)cc1. The zero-order chi connectivity index (χ0) is 23.7. The molecule has 172 valence electrons. The zero-order valence-electron chi connectivity index (χ0n) is 19.0. The Bertz CT molecular complexity index is 1300. The minimum atomic E-state index is -0.422. The first-order chi connectivity index (χ1) is 16.5. The number of carbonyl (C=O) groups excluding carboxylic acids is 2. The molecule has 2 aliphatic heterocycles. The Morgan fingerprint density at radius 2 is 1.68 bits per heavy atom. The molecule has 1 N–H and O–H groups in total. The van der Waals surface area contributed by atoms with Crippen molar-refractivity contribution >= 4 is 28.8 Å². The largest absolute Gasteiger partial charge is 0.494 e. The van der Waals surface area contributed by atoms with Crippen molar-refractivity contribution in [2.45, 2.75) is 13.8 Å². The molecular formula is C27H24N2O5. The van der Waals surface area contributed by atoms with Crippen molar-refractivity contribution < 1.29 is 23.8 Å². The molecule has 0 bridgehead atoms. The average molecular weight is 456 g/mol. The van der Waals surface area contributed by atoms with Gasteiger partial charge in [-0.05, 0) is 61.4 Å². The predicted molar refractivity (Wildman–Crippen MR) is 129 cm³/mol. The maximum absolute atomic E-state index is 13.6. The van der Waals surface area contributed by atoms with Crippen molar-refractivity contribution in [3.63, 3.8) is 0 Å². The van der Waals surface area contributed by atoms with Crippen LogP contribution in [0.4, 0.5) is 11.4 Å². The minimum absolute atomic E-state index is 0.201. The van der Waals surface area contributed by atoms with Crippen molar-refractivity contribution in [1.29, 1.82) is 0 Å². The van der Waals surface area contributed by atoms with Crippen LogP contribution in [0.2, 0.25) is 0 Å². The summed E-state index contributed by atoms with van der Waals surface area (Å²) in [4.78, 5) is 28.4. The van der Waals surface area contributed by atoms with Gasteiger partial charge in [0.25, 0.3) is 11.8 Å². The van der Waals surface area contributed by atoms with E-state index in [0.29, 0.717) is 59.6 Å². The van der Waals surface area contributed by atoms with Crippen LogP contribution in [0.15, 0.2) is 72.4 Å². The standard InChI is InChI=1S/C27H24N2O5/c1-3-32-21-10-7-18(8-11-21)24-25(28-19-9-12-22-23(16-19)34-14-13-33-22)27(31)29(26(24)30)20-6-4-5-17(2)15-20/h4-12,15-16,28H,3,13-14H2,1-2H3. The topological polar surface area (TPSA) is 77.1 Å². The number of ether oxygens (including phenoxy) is 3. The molecule has 0 radical (unpaired) electrons. The summed E-state index contributed by atoms with van der Waals surface area (Å²) in [6, 6.07) is 19.8. The Hall–Kier alpha value is -4.26. The van der Waals surface area contributed by atoms with Crippen LogP contribution < -0.4 is 24.4 Å². The number of carbonyl (C=O) groups is 2. The molecule has 5 rings (SSSR count). The van der Waals surface area contributed by atoms with Crippen LogP contribution in [0.25, 0.3) is 5.57 Å². The van der Waals surface area contributed by atoms with E-state index in [0.717, 1.165) is 5.56 Å². The quantitative estimate of drug-likeness (QED) is 0.548. The van der Waals surface area contributed by atoms with E-state index >= 15 is 0 Å². The molecule has 7 heteroatoms. The van der Waals surface area contributed by atoms with Crippen LogP contribution in [0, 0.1) is 6.92 Å². The third-order valence-corrected chi connectivity index (χ3v) is 5.61. The monoisotopic (exact) mass is 456 g/mol. The number of amides is 2. The van der Waals surface area contributed by atoms with E-state index in [1.807, 2.05) is 32.0 Å². The fourth-order valence-electron chi connectivity index (χ4n) is 4.06. The number of hydrogen-bond acceptors (Lipinski definition) is 6. The summed E-state index contributed by atoms with van der Waals surface area (Å²) in [6.45, 7) is 5.31. The summed E-state index contributed by atoms with van der Waals surface area (Å²) < 4.78 is 16.8. The highest BCUT2D eigenvalue weighted by molar-refractivity contribution is 6.46. The van der Waals surface area contributed by atoms with Crippen LogP contribution in [-0.4, -0.2) is 31.6 Å². The molecule has 0 saturated heterocycles. The number of nitrogens with one attached hydrogen (secondary N) is 1. The maximum atomic E-state index is 13.6. The third-order valence-electron chi connectivity index (χ3n) is 5.61. The lowest BCUT2D eigenvalue weighted by Gasteiger charge is -2.19. The van der Waals surface area contributed by atoms with E-state index in [-0.39, 0.29) is 11.6 Å². The molecule has 0 unspecified atom stereocenters. The van der Waals surface area contributed by atoms with Gasteiger partial charge in [0.15, 0.2) is 11.5 Å². The summed E-state index contributed by atoms with van der Waals surface area (Å²) in [5, 5.41) is 3.17. The Kier molecular flexibility index (Phi) is 5.67. The second kappa shape index (κ2) is 8.94. The van der Waals surface area contributed by atoms with Gasteiger partial charge in [-0.1, -0.05) is 24.3 Å². The molecule has 0 atom stereocenters. The fraction of sp³-hybridized carbons (Fsp3) is 0.185. The van der Waals surface area contributed by atoms with Crippen molar-refractivity contribution in [2.24, 2.45) is 0 Å². The number of anilines is 2. The average Bonchev–Trinajstić information content (AvgIpc) is 3.09. The Morgan fingerprint density at radius 1 is 0.912 bits per heavy atom. The minimum Gasteiger partial charge on any atom is -0.494 e. The lowest BCUT2D eigenvalue weighted by Crippen LogP contribution is -2.32. The maximum Gasteiger partial charge on any atom is 0.282 e. The van der Waals surface area contributed by atoms with Gasteiger partial charge in [0.05, 0.1) is 17.9 Å².